The first kappa shape index (κ1) is 20.5. The van der Waals surface area contributed by atoms with E-state index in [0.717, 1.165) is 31.9 Å². The first-order chi connectivity index (χ1) is 13.8. The molecule has 0 radical (unpaired) electrons. The van der Waals surface area contributed by atoms with Crippen molar-refractivity contribution in [3.63, 3.8) is 0 Å². The molecule has 4 rings (SSSR count). The fourth-order valence-electron chi connectivity index (χ4n) is 4.52. The summed E-state index contributed by atoms with van der Waals surface area (Å²) >= 11 is 0. The molecule has 2 aromatic rings. The summed E-state index contributed by atoms with van der Waals surface area (Å²) in [5.41, 5.74) is 1.58. The summed E-state index contributed by atoms with van der Waals surface area (Å²) in [5.74, 6) is 0.574. The van der Waals surface area contributed by atoms with Gasteiger partial charge in [0, 0.05) is 11.8 Å². The van der Waals surface area contributed by atoms with E-state index in [1.54, 1.807) is 6.07 Å². The zero-order valence-corrected chi connectivity index (χ0v) is 18.0. The summed E-state index contributed by atoms with van der Waals surface area (Å²) < 4.78 is 45.7. The lowest BCUT2D eigenvalue weighted by molar-refractivity contribution is -0.0836. The second kappa shape index (κ2) is 7.84. The highest BCUT2D eigenvalue weighted by molar-refractivity contribution is 7.90. The molecule has 2 saturated carbocycles. The van der Waals surface area contributed by atoms with Crippen molar-refractivity contribution in [2.24, 2.45) is 5.92 Å². The molecule has 5 heteroatoms. The number of hydrogen-bond donors (Lipinski definition) is 0. The molecule has 0 bridgehead atoms. The van der Waals surface area contributed by atoms with E-state index in [0.29, 0.717) is 24.0 Å². The quantitative estimate of drug-likeness (QED) is 0.623. The third-order valence-electron chi connectivity index (χ3n) is 6.58. The van der Waals surface area contributed by atoms with Crippen LogP contribution in [0.3, 0.4) is 0 Å². The Labute approximate surface area is 173 Å². The Morgan fingerprint density at radius 3 is 2.31 bits per heavy atom. The lowest BCUT2D eigenvalue weighted by Crippen LogP contribution is -2.35. The van der Waals surface area contributed by atoms with E-state index in [1.165, 1.54) is 31.4 Å². The monoisotopic (exact) mass is 416 g/mol. The Morgan fingerprint density at radius 2 is 1.72 bits per heavy atom. The van der Waals surface area contributed by atoms with Crippen molar-refractivity contribution in [3.8, 4) is 0 Å². The first-order valence-corrected chi connectivity index (χ1v) is 12.4. The molecule has 0 atom stereocenters. The molecule has 0 saturated heterocycles. The summed E-state index contributed by atoms with van der Waals surface area (Å²) in [6.45, 7) is 2.19. The number of ether oxygens (including phenoxy) is 1. The Kier molecular flexibility index (Phi) is 5.56. The molecular formula is C24H29FO3S. The van der Waals surface area contributed by atoms with Crippen molar-refractivity contribution in [3.05, 3.63) is 65.0 Å². The minimum Gasteiger partial charge on any atom is -0.370 e. The molecule has 29 heavy (non-hydrogen) atoms. The molecular weight excluding hydrogens is 387 g/mol. The van der Waals surface area contributed by atoms with E-state index < -0.39 is 21.3 Å². The van der Waals surface area contributed by atoms with Gasteiger partial charge in [0.25, 0.3) is 0 Å². The van der Waals surface area contributed by atoms with Crippen LogP contribution in [0.4, 0.5) is 4.39 Å². The highest BCUT2D eigenvalue weighted by atomic mass is 32.2. The van der Waals surface area contributed by atoms with Crippen molar-refractivity contribution in [2.45, 2.75) is 61.9 Å². The molecule has 2 fully saturated rings. The van der Waals surface area contributed by atoms with Gasteiger partial charge in [-0.3, -0.25) is 0 Å². The van der Waals surface area contributed by atoms with Gasteiger partial charge in [-0.2, -0.15) is 0 Å². The molecule has 2 aromatic carbocycles. The maximum Gasteiger partial charge on any atom is 0.175 e. The Bertz CT molecular complexity index is 973. The molecule has 0 spiro atoms. The molecule has 0 heterocycles. The van der Waals surface area contributed by atoms with Gasteiger partial charge >= 0.3 is 0 Å². The third kappa shape index (κ3) is 4.41. The van der Waals surface area contributed by atoms with Gasteiger partial charge in [-0.15, -0.1) is 0 Å². The molecule has 3 nitrogen and oxygen atoms in total. The van der Waals surface area contributed by atoms with Crippen LogP contribution in [-0.2, 0) is 20.2 Å². The van der Waals surface area contributed by atoms with Crippen LogP contribution in [0.1, 0.15) is 61.1 Å². The smallest absolute Gasteiger partial charge is 0.175 e. The molecule has 2 aliphatic rings. The Morgan fingerprint density at radius 1 is 1.07 bits per heavy atom. The van der Waals surface area contributed by atoms with Crippen LogP contribution in [0.5, 0.6) is 0 Å². The molecule has 0 unspecified atom stereocenters. The predicted molar refractivity (Wildman–Crippen MR) is 112 cm³/mol. The number of sulfone groups is 1. The Hall–Kier alpha value is -1.72. The molecule has 0 aliphatic heterocycles. The van der Waals surface area contributed by atoms with Crippen LogP contribution in [0.25, 0.3) is 0 Å². The lowest BCUT2D eigenvalue weighted by Gasteiger charge is -2.41. The number of hydrogen-bond acceptors (Lipinski definition) is 3. The fourth-order valence-corrected chi connectivity index (χ4v) is 5.52. The van der Waals surface area contributed by atoms with Crippen LogP contribution in [0.15, 0.2) is 47.4 Å². The van der Waals surface area contributed by atoms with Crippen molar-refractivity contribution in [1.82, 2.24) is 0 Å². The van der Waals surface area contributed by atoms with E-state index in [2.05, 4.69) is 24.3 Å². The first-order valence-electron chi connectivity index (χ1n) is 10.5. The molecule has 0 N–H and O–H groups in total. The lowest BCUT2D eigenvalue weighted by atomic mass is 9.73. The molecule has 0 aromatic heterocycles. The highest BCUT2D eigenvalue weighted by Crippen LogP contribution is 2.47. The van der Waals surface area contributed by atoms with Crippen molar-refractivity contribution in [2.75, 3.05) is 12.9 Å². The predicted octanol–water partition coefficient (Wildman–Crippen LogP) is 5.52. The van der Waals surface area contributed by atoms with E-state index in [9.17, 15) is 12.8 Å². The second-order valence-corrected chi connectivity index (χ2v) is 10.8. The van der Waals surface area contributed by atoms with E-state index in [1.807, 2.05) is 6.07 Å². The van der Waals surface area contributed by atoms with Crippen molar-refractivity contribution in [1.29, 1.82) is 0 Å². The van der Waals surface area contributed by atoms with E-state index in [-0.39, 0.29) is 10.5 Å². The maximum atomic E-state index is 14.7. The summed E-state index contributed by atoms with van der Waals surface area (Å²) in [4.78, 5) is 0.0760. The largest absolute Gasteiger partial charge is 0.370 e. The average Bonchev–Trinajstić information content (AvgIpc) is 3.53. The summed E-state index contributed by atoms with van der Waals surface area (Å²) in [7, 11) is -3.51. The molecule has 156 valence electrons. The Balaban J connectivity index is 1.67. The van der Waals surface area contributed by atoms with Gasteiger partial charge in [-0.1, -0.05) is 30.3 Å². The highest BCUT2D eigenvalue weighted by Gasteiger charge is 2.40. The van der Waals surface area contributed by atoms with Crippen LogP contribution in [0.2, 0.25) is 0 Å². The van der Waals surface area contributed by atoms with Gasteiger partial charge in [0.2, 0.25) is 0 Å². The van der Waals surface area contributed by atoms with Crippen LogP contribution in [0, 0.1) is 18.7 Å². The molecule has 0 amide bonds. The van der Waals surface area contributed by atoms with Gasteiger partial charge in [-0.25, -0.2) is 12.8 Å². The maximum absolute atomic E-state index is 14.7. The summed E-state index contributed by atoms with van der Waals surface area (Å²) in [6, 6.07) is 13.6. The fraction of sp³-hybridized carbons (Fsp3) is 0.500. The zero-order valence-electron chi connectivity index (χ0n) is 17.2. The van der Waals surface area contributed by atoms with Gasteiger partial charge in [0.1, 0.15) is 5.82 Å². The zero-order chi connectivity index (χ0) is 20.6. The summed E-state index contributed by atoms with van der Waals surface area (Å²) in [6.07, 6.45) is 6.93. The standard InChI is InChI=1S/C24H29FO3S/c1-17-22(25)14-21(15-23(17)29(2,26)27)24(28-16-18-8-9-18)12-10-20(11-13-24)19-6-4-3-5-7-19/h3-7,14-15,18,20H,8-13,16H2,1-2H3. The van der Waals surface area contributed by atoms with Crippen molar-refractivity contribution >= 4 is 9.84 Å². The number of benzene rings is 2. The van der Waals surface area contributed by atoms with Gasteiger partial charge < -0.3 is 4.74 Å². The average molecular weight is 417 g/mol. The SMILES string of the molecule is Cc1c(F)cc(C2(OCC3CC3)CCC(c3ccccc3)CC2)cc1S(C)(=O)=O. The van der Waals surface area contributed by atoms with Crippen LogP contribution >= 0.6 is 0 Å². The van der Waals surface area contributed by atoms with E-state index in [4.69, 9.17) is 4.74 Å². The summed E-state index contributed by atoms with van der Waals surface area (Å²) in [5, 5.41) is 0. The van der Waals surface area contributed by atoms with Gasteiger partial charge in [0.05, 0.1) is 17.1 Å². The third-order valence-corrected chi connectivity index (χ3v) is 7.80. The number of halogens is 1. The van der Waals surface area contributed by atoms with Gasteiger partial charge in [0.15, 0.2) is 9.84 Å². The number of rotatable bonds is 6. The van der Waals surface area contributed by atoms with E-state index >= 15 is 0 Å². The topological polar surface area (TPSA) is 43.4 Å². The second-order valence-electron chi connectivity index (χ2n) is 8.79. The minimum absolute atomic E-state index is 0.0760. The van der Waals surface area contributed by atoms with Crippen LogP contribution < -0.4 is 0 Å². The minimum atomic E-state index is -3.51. The van der Waals surface area contributed by atoms with Crippen LogP contribution in [-0.4, -0.2) is 21.3 Å². The molecule has 2 aliphatic carbocycles. The normalized spacial score (nSPS) is 25.1. The van der Waals surface area contributed by atoms with Crippen molar-refractivity contribution < 1.29 is 17.5 Å². The van der Waals surface area contributed by atoms with Gasteiger partial charge in [-0.05, 0) is 80.5 Å².